The molecule has 0 saturated heterocycles. The van der Waals surface area contributed by atoms with Crippen LogP contribution < -0.4 is 5.32 Å². The summed E-state index contributed by atoms with van der Waals surface area (Å²) in [4.78, 5) is 11.8. The molecule has 2 nitrogen and oxygen atoms in total. The Labute approximate surface area is 97.1 Å². The van der Waals surface area contributed by atoms with Crippen LogP contribution in [0.5, 0.6) is 0 Å². The molecule has 0 aromatic heterocycles. The quantitative estimate of drug-likeness (QED) is 0.822. The molecule has 1 unspecified atom stereocenters. The summed E-state index contributed by atoms with van der Waals surface area (Å²) in [7, 11) is 0. The molecule has 1 aliphatic rings. The third-order valence-corrected chi connectivity index (χ3v) is 3.27. The molecule has 0 spiro atoms. The van der Waals surface area contributed by atoms with Crippen LogP contribution in [0.3, 0.4) is 0 Å². The Morgan fingerprint density at radius 3 is 2.75 bits per heavy atom. The van der Waals surface area contributed by atoms with Gasteiger partial charge < -0.3 is 5.32 Å². The van der Waals surface area contributed by atoms with E-state index in [9.17, 15) is 4.79 Å². The maximum Gasteiger partial charge on any atom is 0.232 e. The van der Waals surface area contributed by atoms with Crippen molar-refractivity contribution in [2.75, 3.05) is 5.32 Å². The fourth-order valence-corrected chi connectivity index (χ4v) is 2.28. The average Bonchev–Trinajstić information content (AvgIpc) is 2.55. The number of rotatable bonds is 3. The molecule has 1 heterocycles. The summed E-state index contributed by atoms with van der Waals surface area (Å²) < 4.78 is 0. The zero-order valence-corrected chi connectivity index (χ0v) is 10.2. The molecule has 0 bridgehead atoms. The van der Waals surface area contributed by atoms with Gasteiger partial charge in [0, 0.05) is 5.69 Å². The highest BCUT2D eigenvalue weighted by Gasteiger charge is 2.29. The number of fused-ring (bicyclic) bond motifs is 1. The van der Waals surface area contributed by atoms with E-state index in [1.54, 1.807) is 0 Å². The molecule has 0 saturated carbocycles. The molecule has 1 aliphatic heterocycles. The van der Waals surface area contributed by atoms with Crippen LogP contribution in [0.4, 0.5) is 5.69 Å². The summed E-state index contributed by atoms with van der Waals surface area (Å²) >= 11 is 0. The second-order valence-electron chi connectivity index (χ2n) is 4.83. The molecule has 1 atom stereocenters. The zero-order valence-electron chi connectivity index (χ0n) is 10.2. The van der Waals surface area contributed by atoms with Crippen molar-refractivity contribution in [3.8, 4) is 0 Å². The number of hydrogen-bond donors (Lipinski definition) is 1. The normalized spacial score (nSPS) is 18.8. The standard InChI is InChI=1S/C14H19NO/c1-4-5-11-12-8-10(9(2)3)6-7-13(12)15-14(11)16/h6-9,11H,4-5H2,1-3H3,(H,15,16). The number of benzene rings is 1. The van der Waals surface area contributed by atoms with Crippen molar-refractivity contribution in [1.29, 1.82) is 0 Å². The number of amides is 1. The Balaban J connectivity index is 2.38. The lowest BCUT2D eigenvalue weighted by atomic mass is 9.92. The van der Waals surface area contributed by atoms with E-state index in [1.165, 1.54) is 11.1 Å². The number of hydrogen-bond acceptors (Lipinski definition) is 1. The van der Waals surface area contributed by atoms with E-state index in [0.717, 1.165) is 18.5 Å². The van der Waals surface area contributed by atoms with Crippen molar-refractivity contribution in [3.05, 3.63) is 29.3 Å². The van der Waals surface area contributed by atoms with E-state index in [1.807, 2.05) is 6.07 Å². The number of carbonyl (C=O) groups is 1. The van der Waals surface area contributed by atoms with Crippen LogP contribution in [-0.4, -0.2) is 5.91 Å². The Morgan fingerprint density at radius 1 is 1.38 bits per heavy atom. The lowest BCUT2D eigenvalue weighted by molar-refractivity contribution is -0.117. The highest BCUT2D eigenvalue weighted by Crippen LogP contribution is 2.37. The van der Waals surface area contributed by atoms with Gasteiger partial charge in [-0.15, -0.1) is 0 Å². The van der Waals surface area contributed by atoms with Crippen LogP contribution >= 0.6 is 0 Å². The van der Waals surface area contributed by atoms with Gasteiger partial charge in [-0.25, -0.2) is 0 Å². The molecule has 0 aliphatic carbocycles. The average molecular weight is 217 g/mol. The van der Waals surface area contributed by atoms with Gasteiger partial charge in [-0.05, 0) is 29.5 Å². The maximum atomic E-state index is 11.8. The molecule has 86 valence electrons. The highest BCUT2D eigenvalue weighted by molar-refractivity contribution is 6.02. The van der Waals surface area contributed by atoms with E-state index < -0.39 is 0 Å². The minimum Gasteiger partial charge on any atom is -0.325 e. The lowest BCUT2D eigenvalue weighted by Gasteiger charge is -2.10. The highest BCUT2D eigenvalue weighted by atomic mass is 16.2. The molecule has 1 N–H and O–H groups in total. The summed E-state index contributed by atoms with van der Waals surface area (Å²) in [6, 6.07) is 6.34. The van der Waals surface area contributed by atoms with Crippen molar-refractivity contribution >= 4 is 11.6 Å². The van der Waals surface area contributed by atoms with E-state index >= 15 is 0 Å². The smallest absolute Gasteiger partial charge is 0.232 e. The molecule has 0 radical (unpaired) electrons. The first-order chi connectivity index (χ1) is 7.63. The summed E-state index contributed by atoms with van der Waals surface area (Å²) in [6.45, 7) is 6.49. The molecule has 2 heteroatoms. The largest absolute Gasteiger partial charge is 0.325 e. The first-order valence-corrected chi connectivity index (χ1v) is 6.08. The predicted octanol–water partition coefficient (Wildman–Crippen LogP) is 3.65. The zero-order chi connectivity index (χ0) is 11.7. The van der Waals surface area contributed by atoms with Gasteiger partial charge >= 0.3 is 0 Å². The predicted molar refractivity (Wildman–Crippen MR) is 66.8 cm³/mol. The fraction of sp³-hybridized carbons (Fsp3) is 0.500. The van der Waals surface area contributed by atoms with Crippen LogP contribution in [0.2, 0.25) is 0 Å². The molecule has 1 aromatic carbocycles. The molecular formula is C14H19NO. The number of carbonyl (C=O) groups excluding carboxylic acids is 1. The first-order valence-electron chi connectivity index (χ1n) is 6.08. The number of nitrogens with one attached hydrogen (secondary N) is 1. The van der Waals surface area contributed by atoms with E-state index in [0.29, 0.717) is 5.92 Å². The molecule has 0 fully saturated rings. The molecule has 1 amide bonds. The Morgan fingerprint density at radius 2 is 2.12 bits per heavy atom. The lowest BCUT2D eigenvalue weighted by Crippen LogP contribution is -2.11. The second kappa shape index (κ2) is 4.28. The Hall–Kier alpha value is -1.31. The summed E-state index contributed by atoms with van der Waals surface area (Å²) in [5, 5.41) is 2.96. The van der Waals surface area contributed by atoms with E-state index in [4.69, 9.17) is 0 Å². The van der Waals surface area contributed by atoms with Gasteiger partial charge in [-0.3, -0.25) is 4.79 Å². The van der Waals surface area contributed by atoms with E-state index in [2.05, 4.69) is 38.2 Å². The van der Waals surface area contributed by atoms with Crippen molar-refractivity contribution in [1.82, 2.24) is 0 Å². The van der Waals surface area contributed by atoms with Gasteiger partial charge in [0.1, 0.15) is 0 Å². The summed E-state index contributed by atoms with van der Waals surface area (Å²) in [5.41, 5.74) is 3.52. The monoisotopic (exact) mass is 217 g/mol. The van der Waals surface area contributed by atoms with Crippen molar-refractivity contribution in [3.63, 3.8) is 0 Å². The second-order valence-corrected chi connectivity index (χ2v) is 4.83. The molecule has 1 aromatic rings. The minimum absolute atomic E-state index is 0.0682. The third-order valence-electron chi connectivity index (χ3n) is 3.27. The van der Waals surface area contributed by atoms with Gasteiger partial charge in [0.25, 0.3) is 0 Å². The van der Waals surface area contributed by atoms with Crippen LogP contribution in [0.1, 0.15) is 56.6 Å². The van der Waals surface area contributed by atoms with Crippen molar-refractivity contribution in [2.24, 2.45) is 0 Å². The minimum atomic E-state index is 0.0682. The van der Waals surface area contributed by atoms with Gasteiger partial charge in [0.05, 0.1) is 5.92 Å². The van der Waals surface area contributed by atoms with Gasteiger partial charge in [0.15, 0.2) is 0 Å². The number of anilines is 1. The van der Waals surface area contributed by atoms with Gasteiger partial charge in [-0.2, -0.15) is 0 Å². The van der Waals surface area contributed by atoms with Gasteiger partial charge in [0.2, 0.25) is 5.91 Å². The SMILES string of the molecule is CCCC1C(=O)Nc2ccc(C(C)C)cc21. The summed E-state index contributed by atoms with van der Waals surface area (Å²) in [6.07, 6.45) is 1.99. The first kappa shape index (κ1) is 11.2. The topological polar surface area (TPSA) is 29.1 Å². The fourth-order valence-electron chi connectivity index (χ4n) is 2.28. The summed E-state index contributed by atoms with van der Waals surface area (Å²) in [5.74, 6) is 0.750. The van der Waals surface area contributed by atoms with Crippen LogP contribution in [0.15, 0.2) is 18.2 Å². The van der Waals surface area contributed by atoms with Crippen molar-refractivity contribution in [2.45, 2.75) is 45.4 Å². The van der Waals surface area contributed by atoms with Crippen LogP contribution in [-0.2, 0) is 4.79 Å². The molecular weight excluding hydrogens is 198 g/mol. The van der Waals surface area contributed by atoms with Crippen molar-refractivity contribution < 1.29 is 4.79 Å². The van der Waals surface area contributed by atoms with E-state index in [-0.39, 0.29) is 11.8 Å². The van der Waals surface area contributed by atoms with Crippen LogP contribution in [0, 0.1) is 0 Å². The van der Waals surface area contributed by atoms with Crippen LogP contribution in [0.25, 0.3) is 0 Å². The third kappa shape index (κ3) is 1.84. The molecule has 16 heavy (non-hydrogen) atoms. The Kier molecular flexibility index (Phi) is 2.99. The Bertz CT molecular complexity index is 409. The maximum absolute atomic E-state index is 11.8. The van der Waals surface area contributed by atoms with Gasteiger partial charge in [-0.1, -0.05) is 39.3 Å². The molecule has 2 rings (SSSR count).